The van der Waals surface area contributed by atoms with Crippen LogP contribution >= 0.6 is 0 Å². The van der Waals surface area contributed by atoms with Crippen LogP contribution in [-0.4, -0.2) is 40.2 Å². The van der Waals surface area contributed by atoms with Gasteiger partial charge in [0.25, 0.3) is 0 Å². The van der Waals surface area contributed by atoms with E-state index >= 15 is 0 Å². The Labute approximate surface area is 199 Å². The lowest BCUT2D eigenvalue weighted by atomic mass is 10.0. The van der Waals surface area contributed by atoms with E-state index in [1.54, 1.807) is 43.6 Å². The van der Waals surface area contributed by atoms with Gasteiger partial charge in [0.2, 0.25) is 0 Å². The maximum atomic E-state index is 9.65. The van der Waals surface area contributed by atoms with Crippen molar-refractivity contribution in [3.05, 3.63) is 64.9 Å². The van der Waals surface area contributed by atoms with Crippen molar-refractivity contribution in [3.8, 4) is 29.3 Å². The number of ether oxygens (including phenoxy) is 1. The highest BCUT2D eigenvalue weighted by Crippen LogP contribution is 2.41. The summed E-state index contributed by atoms with van der Waals surface area (Å²) in [5, 5.41) is 19.1. The summed E-state index contributed by atoms with van der Waals surface area (Å²) in [5.74, 6) is 1.90. The highest BCUT2D eigenvalue weighted by molar-refractivity contribution is 5.66. The molecule has 2 bridgehead atoms. The molecule has 0 atom stereocenters. The van der Waals surface area contributed by atoms with Crippen molar-refractivity contribution >= 4 is 6.72 Å². The molecule has 8 nitrogen and oxygen atoms in total. The number of nitrogens with two attached hydrogens (primary N) is 1. The van der Waals surface area contributed by atoms with Crippen LogP contribution in [0.2, 0.25) is 0 Å². The molecule has 1 aromatic carbocycles. The summed E-state index contributed by atoms with van der Waals surface area (Å²) in [6, 6.07) is 10.3. The van der Waals surface area contributed by atoms with Crippen molar-refractivity contribution in [2.75, 3.05) is 6.54 Å². The molecule has 2 fully saturated rings. The maximum absolute atomic E-state index is 9.65. The summed E-state index contributed by atoms with van der Waals surface area (Å²) in [4.78, 5) is 15.5. The van der Waals surface area contributed by atoms with Crippen LogP contribution in [0.3, 0.4) is 0 Å². The third kappa shape index (κ3) is 4.68. The van der Waals surface area contributed by atoms with E-state index in [4.69, 9.17) is 10.5 Å². The van der Waals surface area contributed by atoms with Crippen LogP contribution in [0.4, 0.5) is 0 Å². The lowest BCUT2D eigenvalue weighted by molar-refractivity contribution is 0.318. The van der Waals surface area contributed by atoms with Crippen molar-refractivity contribution in [2.45, 2.75) is 51.1 Å². The van der Waals surface area contributed by atoms with Gasteiger partial charge in [0, 0.05) is 30.6 Å². The monoisotopic (exact) mass is 453 g/mol. The van der Waals surface area contributed by atoms with E-state index in [-0.39, 0.29) is 0 Å². The number of nitriles is 2. The number of nitrogens with zero attached hydrogens (tertiary/aromatic N) is 6. The number of aliphatic imine (C=N–C) groups is 1. The predicted molar refractivity (Wildman–Crippen MR) is 129 cm³/mol. The summed E-state index contributed by atoms with van der Waals surface area (Å²) in [5.41, 5.74) is 7.99. The van der Waals surface area contributed by atoms with Crippen LogP contribution in [-0.2, 0) is 6.42 Å². The van der Waals surface area contributed by atoms with Crippen molar-refractivity contribution in [3.63, 3.8) is 0 Å². The Hall–Kier alpha value is -4.01. The van der Waals surface area contributed by atoms with E-state index in [0.29, 0.717) is 64.9 Å². The number of hydrogen-bond acceptors (Lipinski definition) is 8. The van der Waals surface area contributed by atoms with E-state index in [9.17, 15) is 10.5 Å². The van der Waals surface area contributed by atoms with Gasteiger partial charge in [-0.25, -0.2) is 15.0 Å². The zero-order chi connectivity index (χ0) is 24.1. The first kappa shape index (κ1) is 23.2. The topological polar surface area (TPSA) is 124 Å². The van der Waals surface area contributed by atoms with Crippen LogP contribution in [0.5, 0.6) is 5.75 Å². The number of fused-ring (bicyclic) bond motifs is 2. The van der Waals surface area contributed by atoms with Crippen LogP contribution < -0.4 is 10.5 Å². The van der Waals surface area contributed by atoms with E-state index < -0.39 is 0 Å². The van der Waals surface area contributed by atoms with Gasteiger partial charge in [0.1, 0.15) is 17.3 Å². The number of aromatic nitrogens is 2. The normalized spacial score (nSPS) is 19.9. The molecular formula is C26H27N7O. The Bertz CT molecular complexity index is 1200. The minimum atomic E-state index is 0.354. The van der Waals surface area contributed by atoms with E-state index in [0.717, 1.165) is 31.2 Å². The lowest BCUT2D eigenvalue weighted by Gasteiger charge is -2.25. The Morgan fingerprint density at radius 3 is 2.47 bits per heavy atom. The molecular weight excluding hydrogens is 426 g/mol. The average Bonchev–Trinajstić information content (AvgIpc) is 3.47. The molecule has 2 aliphatic rings. The van der Waals surface area contributed by atoms with Crippen molar-refractivity contribution in [1.29, 1.82) is 10.5 Å². The predicted octanol–water partition coefficient (Wildman–Crippen LogP) is 3.86. The molecule has 2 saturated heterocycles. The fourth-order valence-electron chi connectivity index (χ4n) is 4.64. The zero-order valence-corrected chi connectivity index (χ0v) is 19.2. The largest absolute Gasteiger partial charge is 0.455 e. The van der Waals surface area contributed by atoms with Gasteiger partial charge in [-0.1, -0.05) is 0 Å². The zero-order valence-electron chi connectivity index (χ0n) is 19.2. The van der Waals surface area contributed by atoms with Crippen LogP contribution in [0.15, 0.2) is 58.8 Å². The molecule has 0 amide bonds. The number of hydrogen-bond donors (Lipinski definition) is 1. The number of benzene rings is 1. The fourth-order valence-corrected chi connectivity index (χ4v) is 4.64. The molecule has 0 radical (unpaired) electrons. The molecule has 4 rings (SSSR count). The molecule has 172 valence electrons. The van der Waals surface area contributed by atoms with Gasteiger partial charge < -0.3 is 15.4 Å². The second-order valence-corrected chi connectivity index (χ2v) is 8.51. The molecule has 0 unspecified atom stereocenters. The van der Waals surface area contributed by atoms with Gasteiger partial charge in [-0.2, -0.15) is 10.5 Å². The Balaban J connectivity index is 1.73. The van der Waals surface area contributed by atoms with Crippen molar-refractivity contribution in [2.24, 2.45) is 10.7 Å². The summed E-state index contributed by atoms with van der Waals surface area (Å²) in [6.07, 6.45) is 10.5. The third-order valence-electron chi connectivity index (χ3n) is 6.39. The number of allylic oxidation sites excluding steroid dienone is 2. The van der Waals surface area contributed by atoms with E-state index in [1.165, 1.54) is 0 Å². The fraction of sp³-hybridized carbons (Fsp3) is 0.346. The average molecular weight is 454 g/mol. The van der Waals surface area contributed by atoms with Gasteiger partial charge in [-0.05, 0) is 76.1 Å². The third-order valence-corrected chi connectivity index (χ3v) is 6.39. The highest BCUT2D eigenvalue weighted by atomic mass is 16.5. The molecule has 0 aliphatic carbocycles. The highest BCUT2D eigenvalue weighted by Gasteiger charge is 2.40. The quantitative estimate of drug-likeness (QED) is 0.278. The van der Waals surface area contributed by atoms with Crippen molar-refractivity contribution in [1.82, 2.24) is 14.9 Å². The van der Waals surface area contributed by atoms with Gasteiger partial charge in [0.05, 0.1) is 28.8 Å². The smallest absolute Gasteiger partial charge is 0.162 e. The van der Waals surface area contributed by atoms with E-state index in [1.807, 2.05) is 0 Å². The van der Waals surface area contributed by atoms with Crippen LogP contribution in [0, 0.1) is 22.7 Å². The second-order valence-electron chi connectivity index (χ2n) is 8.51. The van der Waals surface area contributed by atoms with Gasteiger partial charge >= 0.3 is 0 Å². The maximum Gasteiger partial charge on any atom is 0.162 e. The first-order valence-electron chi connectivity index (χ1n) is 11.4. The molecule has 1 aromatic heterocycles. The number of rotatable bonds is 8. The molecule has 2 aliphatic heterocycles. The Morgan fingerprint density at radius 1 is 1.24 bits per heavy atom. The van der Waals surface area contributed by atoms with Gasteiger partial charge in [-0.3, -0.25) is 0 Å². The van der Waals surface area contributed by atoms with Crippen LogP contribution in [0.25, 0.3) is 11.4 Å². The molecule has 2 aromatic rings. The standard InChI is InChI=1S/C26H27N7O/c1-17(13-28)23(12-25(30-2)33-20-4-5-21(33)7-6-20)34-24-11-18(14-29)3-8-22(24)26-31-15-19(9-10-27)16-32-26/h3,8,11-12,15-16,20-21H,2,4-7,9-10,27H2,1H3/b23-17-,25-12+. The molecule has 2 N–H and O–H groups in total. The van der Waals surface area contributed by atoms with Crippen molar-refractivity contribution < 1.29 is 4.74 Å². The van der Waals surface area contributed by atoms with Gasteiger partial charge in [-0.15, -0.1) is 0 Å². The van der Waals surface area contributed by atoms with Gasteiger partial charge in [0.15, 0.2) is 5.82 Å². The Morgan fingerprint density at radius 2 is 1.91 bits per heavy atom. The summed E-state index contributed by atoms with van der Waals surface area (Å²) in [6.45, 7) is 5.98. The summed E-state index contributed by atoms with van der Waals surface area (Å²) in [7, 11) is 0. The molecule has 8 heteroatoms. The minimum Gasteiger partial charge on any atom is -0.455 e. The van der Waals surface area contributed by atoms with E-state index in [2.05, 4.69) is 38.7 Å². The molecule has 3 heterocycles. The summed E-state index contributed by atoms with van der Waals surface area (Å²) < 4.78 is 6.27. The second kappa shape index (κ2) is 10.3. The lowest BCUT2D eigenvalue weighted by Crippen LogP contribution is -2.27. The first-order valence-corrected chi connectivity index (χ1v) is 11.4. The molecule has 0 saturated carbocycles. The summed E-state index contributed by atoms with van der Waals surface area (Å²) >= 11 is 0. The molecule has 34 heavy (non-hydrogen) atoms. The minimum absolute atomic E-state index is 0.354. The SMILES string of the molecule is C=N/C(=C\C(Oc1cc(C#N)ccc1-c1ncc(CCN)cn1)=C(/C)C#N)N1C2CCC1CC2. The van der Waals surface area contributed by atoms with Crippen LogP contribution in [0.1, 0.15) is 43.7 Å². The first-order chi connectivity index (χ1) is 16.6. The molecule has 0 spiro atoms. The Kier molecular flexibility index (Phi) is 7.01.